The third-order valence-electron chi connectivity index (χ3n) is 3.81. The van der Waals surface area contributed by atoms with Crippen molar-refractivity contribution in [2.45, 2.75) is 44.4 Å². The summed E-state index contributed by atoms with van der Waals surface area (Å²) in [6, 6.07) is -0.0827. The van der Waals surface area contributed by atoms with E-state index in [1.54, 1.807) is 11.4 Å². The van der Waals surface area contributed by atoms with Gasteiger partial charge in [-0.25, -0.2) is 0 Å². The minimum atomic E-state index is -3.40. The van der Waals surface area contributed by atoms with Gasteiger partial charge in [0.25, 0.3) is 10.2 Å². The Morgan fingerprint density at radius 2 is 2.11 bits per heavy atom. The van der Waals surface area contributed by atoms with Crippen LogP contribution in [0.3, 0.4) is 0 Å². The largest absolute Gasteiger partial charge is 0.378 e. The Hall–Kier alpha value is -0.210. The smallest absolute Gasteiger partial charge is 0.280 e. The highest BCUT2D eigenvalue weighted by molar-refractivity contribution is 7.87. The SMILES string of the molecule is CO[C@H]1CNCC1NS(=O)(=O)N1CCCCC1C. The van der Waals surface area contributed by atoms with E-state index in [9.17, 15) is 8.42 Å². The molecule has 0 saturated carbocycles. The van der Waals surface area contributed by atoms with Crippen LogP contribution < -0.4 is 10.0 Å². The Kier molecular flexibility index (Phi) is 4.60. The van der Waals surface area contributed by atoms with E-state index in [4.69, 9.17) is 4.74 Å². The fourth-order valence-electron chi connectivity index (χ4n) is 2.71. The van der Waals surface area contributed by atoms with Crippen LogP contribution in [0.4, 0.5) is 0 Å². The fourth-order valence-corrected chi connectivity index (χ4v) is 4.41. The number of piperidine rings is 1. The summed E-state index contributed by atoms with van der Waals surface area (Å²) in [7, 11) is -1.78. The van der Waals surface area contributed by atoms with Gasteiger partial charge in [-0.05, 0) is 19.8 Å². The van der Waals surface area contributed by atoms with Crippen molar-refractivity contribution in [1.82, 2.24) is 14.3 Å². The van der Waals surface area contributed by atoms with Crippen LogP contribution in [0.2, 0.25) is 0 Å². The molecular weight excluding hydrogens is 254 g/mol. The van der Waals surface area contributed by atoms with Gasteiger partial charge in [0.15, 0.2) is 0 Å². The lowest BCUT2D eigenvalue weighted by Gasteiger charge is -2.33. The highest BCUT2D eigenvalue weighted by Crippen LogP contribution is 2.20. The van der Waals surface area contributed by atoms with E-state index in [0.717, 1.165) is 19.3 Å². The van der Waals surface area contributed by atoms with Gasteiger partial charge in [0, 0.05) is 32.8 Å². The van der Waals surface area contributed by atoms with Gasteiger partial charge < -0.3 is 10.1 Å². The number of nitrogens with zero attached hydrogens (tertiary/aromatic N) is 1. The summed E-state index contributed by atoms with van der Waals surface area (Å²) in [5.41, 5.74) is 0. The maximum Gasteiger partial charge on any atom is 0.280 e. The molecule has 0 amide bonds. The second-order valence-corrected chi connectivity index (χ2v) is 6.77. The molecule has 0 aliphatic carbocycles. The van der Waals surface area contributed by atoms with Gasteiger partial charge >= 0.3 is 0 Å². The Bertz CT molecular complexity index is 374. The molecule has 3 atom stereocenters. The quantitative estimate of drug-likeness (QED) is 0.739. The van der Waals surface area contributed by atoms with Crippen LogP contribution in [-0.2, 0) is 14.9 Å². The predicted octanol–water partition coefficient (Wildman–Crippen LogP) is -0.318. The van der Waals surface area contributed by atoms with Crippen LogP contribution >= 0.6 is 0 Å². The maximum atomic E-state index is 12.3. The molecule has 0 radical (unpaired) electrons. The third kappa shape index (κ3) is 3.03. The molecule has 0 aromatic heterocycles. The topological polar surface area (TPSA) is 70.7 Å². The van der Waals surface area contributed by atoms with Gasteiger partial charge in [0.05, 0.1) is 12.1 Å². The zero-order chi connectivity index (χ0) is 13.2. The lowest BCUT2D eigenvalue weighted by atomic mass is 10.1. The van der Waals surface area contributed by atoms with Gasteiger partial charge in [0.1, 0.15) is 0 Å². The fraction of sp³-hybridized carbons (Fsp3) is 1.00. The second kappa shape index (κ2) is 5.83. The highest BCUT2D eigenvalue weighted by atomic mass is 32.2. The lowest BCUT2D eigenvalue weighted by Crippen LogP contribution is -2.53. The van der Waals surface area contributed by atoms with Crippen molar-refractivity contribution in [3.05, 3.63) is 0 Å². The molecule has 2 unspecified atom stereocenters. The van der Waals surface area contributed by atoms with Crippen molar-refractivity contribution in [2.24, 2.45) is 0 Å². The van der Waals surface area contributed by atoms with Crippen LogP contribution in [0.1, 0.15) is 26.2 Å². The first kappa shape index (κ1) is 14.2. The standard InChI is InChI=1S/C11H23N3O3S/c1-9-5-3-4-6-14(9)18(15,16)13-10-7-12-8-11(10)17-2/h9-13H,3-8H2,1-2H3/t9?,10?,11-/m0/s1. The molecule has 0 aromatic carbocycles. The first-order chi connectivity index (χ1) is 8.54. The Balaban J connectivity index is 2.02. The summed E-state index contributed by atoms with van der Waals surface area (Å²) in [5.74, 6) is 0. The molecule has 0 spiro atoms. The molecule has 2 fully saturated rings. The number of rotatable bonds is 4. The van der Waals surface area contributed by atoms with Crippen molar-refractivity contribution < 1.29 is 13.2 Å². The molecule has 2 aliphatic rings. The van der Waals surface area contributed by atoms with Gasteiger partial charge in [-0.1, -0.05) is 6.42 Å². The first-order valence-corrected chi connectivity index (χ1v) is 8.01. The zero-order valence-corrected chi connectivity index (χ0v) is 11.9. The highest BCUT2D eigenvalue weighted by Gasteiger charge is 2.35. The van der Waals surface area contributed by atoms with Crippen LogP contribution in [0.25, 0.3) is 0 Å². The molecule has 2 aliphatic heterocycles. The monoisotopic (exact) mass is 277 g/mol. The Morgan fingerprint density at radius 3 is 2.78 bits per heavy atom. The molecular formula is C11H23N3O3S. The number of hydrogen-bond acceptors (Lipinski definition) is 4. The number of methoxy groups -OCH3 is 1. The van der Waals surface area contributed by atoms with E-state index in [0.29, 0.717) is 19.6 Å². The Morgan fingerprint density at radius 1 is 1.33 bits per heavy atom. The summed E-state index contributed by atoms with van der Waals surface area (Å²) in [6.07, 6.45) is 2.91. The van der Waals surface area contributed by atoms with Crippen molar-refractivity contribution in [2.75, 3.05) is 26.7 Å². The van der Waals surface area contributed by atoms with Crippen LogP contribution in [0.15, 0.2) is 0 Å². The molecule has 106 valence electrons. The van der Waals surface area contributed by atoms with Crippen molar-refractivity contribution >= 4 is 10.2 Å². The second-order valence-electron chi connectivity index (χ2n) is 5.12. The molecule has 6 nitrogen and oxygen atoms in total. The molecule has 18 heavy (non-hydrogen) atoms. The minimum absolute atomic E-state index is 0.0835. The van der Waals surface area contributed by atoms with Crippen LogP contribution in [-0.4, -0.2) is 57.7 Å². The summed E-state index contributed by atoms with van der Waals surface area (Å²) >= 11 is 0. The molecule has 2 heterocycles. The molecule has 0 aromatic rings. The molecule has 2 saturated heterocycles. The summed E-state index contributed by atoms with van der Waals surface area (Å²) < 4.78 is 34.3. The van der Waals surface area contributed by atoms with Gasteiger partial charge in [-0.3, -0.25) is 0 Å². The average Bonchev–Trinajstić information content (AvgIpc) is 2.76. The van der Waals surface area contributed by atoms with E-state index in [1.807, 2.05) is 6.92 Å². The van der Waals surface area contributed by atoms with Crippen LogP contribution in [0.5, 0.6) is 0 Å². The van der Waals surface area contributed by atoms with E-state index < -0.39 is 10.2 Å². The summed E-state index contributed by atoms with van der Waals surface area (Å²) in [6.45, 7) is 3.91. The van der Waals surface area contributed by atoms with Crippen molar-refractivity contribution in [3.63, 3.8) is 0 Å². The number of hydrogen-bond donors (Lipinski definition) is 2. The Labute approximate surface area is 109 Å². The first-order valence-electron chi connectivity index (χ1n) is 6.57. The van der Waals surface area contributed by atoms with E-state index in [2.05, 4.69) is 10.0 Å². The van der Waals surface area contributed by atoms with E-state index in [-0.39, 0.29) is 18.2 Å². The predicted molar refractivity (Wildman–Crippen MR) is 69.5 cm³/mol. The molecule has 7 heteroatoms. The molecule has 2 N–H and O–H groups in total. The number of nitrogens with one attached hydrogen (secondary N) is 2. The normalized spacial score (nSPS) is 34.9. The van der Waals surface area contributed by atoms with Crippen molar-refractivity contribution in [1.29, 1.82) is 0 Å². The minimum Gasteiger partial charge on any atom is -0.378 e. The lowest BCUT2D eigenvalue weighted by molar-refractivity contribution is 0.102. The van der Waals surface area contributed by atoms with E-state index >= 15 is 0 Å². The molecule has 2 rings (SSSR count). The average molecular weight is 277 g/mol. The number of ether oxygens (including phenoxy) is 1. The van der Waals surface area contributed by atoms with Crippen molar-refractivity contribution in [3.8, 4) is 0 Å². The zero-order valence-electron chi connectivity index (χ0n) is 11.1. The maximum absolute atomic E-state index is 12.3. The third-order valence-corrected chi connectivity index (χ3v) is 5.57. The summed E-state index contributed by atoms with van der Waals surface area (Å²) in [4.78, 5) is 0. The van der Waals surface area contributed by atoms with Gasteiger partial charge in [-0.15, -0.1) is 0 Å². The van der Waals surface area contributed by atoms with Crippen LogP contribution in [0, 0.1) is 0 Å². The van der Waals surface area contributed by atoms with Gasteiger partial charge in [-0.2, -0.15) is 17.4 Å². The van der Waals surface area contributed by atoms with E-state index in [1.165, 1.54) is 0 Å². The molecule has 0 bridgehead atoms. The summed E-state index contributed by atoms with van der Waals surface area (Å²) in [5, 5.41) is 3.14. The van der Waals surface area contributed by atoms with Gasteiger partial charge in [0.2, 0.25) is 0 Å².